The Morgan fingerprint density at radius 3 is 2.32 bits per heavy atom. The molecule has 0 bridgehead atoms. The number of benzene rings is 1. The number of ether oxygens (including phenoxy) is 2. The number of hydrogen-bond acceptors (Lipinski definition) is 6. The molecule has 1 unspecified atom stereocenters. The molecule has 0 spiro atoms. The van der Waals surface area contributed by atoms with E-state index in [4.69, 9.17) is 32.7 Å². The van der Waals surface area contributed by atoms with E-state index in [0.717, 1.165) is 0 Å². The normalized spacial score (nSPS) is 12.3. The molecule has 0 aliphatic carbocycles. The van der Waals surface area contributed by atoms with E-state index in [0.29, 0.717) is 41.9 Å². The first-order valence-corrected chi connectivity index (χ1v) is 10.9. The Bertz CT molecular complexity index is 954. The summed E-state index contributed by atoms with van der Waals surface area (Å²) >= 11 is 12.7. The highest BCUT2D eigenvalue weighted by molar-refractivity contribution is 6.37. The van der Waals surface area contributed by atoms with E-state index >= 15 is 0 Å². The van der Waals surface area contributed by atoms with Crippen molar-refractivity contribution in [2.24, 2.45) is 7.05 Å². The summed E-state index contributed by atoms with van der Waals surface area (Å²) in [4.78, 5) is 25.1. The molecule has 172 valence electrons. The molecule has 1 atom stereocenters. The first-order valence-electron chi connectivity index (χ1n) is 10.1. The van der Waals surface area contributed by atoms with Gasteiger partial charge in [-0.3, -0.25) is 9.36 Å². The number of hydrogen-bond donors (Lipinski definition) is 2. The zero-order valence-electron chi connectivity index (χ0n) is 18.4. The standard InChI is InChI=1S/C20H29Cl2N5O4/c1-6-15(19(28)23-11-18(30-7-2)31-8-3)24-16-10-17(14(22)9-13(16)21)27-20(29)26(5)12(4)25-27/h9-10,15,18,24H,6-8,11H2,1-5H3,(H,23,28). The summed E-state index contributed by atoms with van der Waals surface area (Å²) in [6.45, 7) is 8.49. The third-order valence-electron chi connectivity index (χ3n) is 4.67. The summed E-state index contributed by atoms with van der Waals surface area (Å²) in [5, 5.41) is 10.8. The summed E-state index contributed by atoms with van der Waals surface area (Å²) in [7, 11) is 1.62. The fourth-order valence-electron chi connectivity index (χ4n) is 2.89. The molecule has 1 aromatic heterocycles. The van der Waals surface area contributed by atoms with Crippen molar-refractivity contribution in [1.82, 2.24) is 19.7 Å². The third-order valence-corrected chi connectivity index (χ3v) is 5.28. The van der Waals surface area contributed by atoms with E-state index in [1.807, 2.05) is 20.8 Å². The molecule has 1 aromatic carbocycles. The van der Waals surface area contributed by atoms with Crippen molar-refractivity contribution >= 4 is 34.8 Å². The molecule has 0 saturated heterocycles. The predicted molar refractivity (Wildman–Crippen MR) is 121 cm³/mol. The highest BCUT2D eigenvalue weighted by Crippen LogP contribution is 2.31. The van der Waals surface area contributed by atoms with Crippen LogP contribution in [0.25, 0.3) is 5.69 Å². The van der Waals surface area contributed by atoms with E-state index in [1.54, 1.807) is 20.0 Å². The van der Waals surface area contributed by atoms with Gasteiger partial charge in [-0.2, -0.15) is 9.78 Å². The number of nitrogens with one attached hydrogen (secondary N) is 2. The molecule has 11 heteroatoms. The molecular formula is C20H29Cl2N5O4. The Kier molecular flexibility index (Phi) is 9.36. The molecule has 0 radical (unpaired) electrons. The minimum absolute atomic E-state index is 0.223. The Morgan fingerprint density at radius 1 is 1.16 bits per heavy atom. The Labute approximate surface area is 191 Å². The van der Waals surface area contributed by atoms with Crippen molar-refractivity contribution < 1.29 is 14.3 Å². The monoisotopic (exact) mass is 473 g/mol. The average Bonchev–Trinajstić information content (AvgIpc) is 2.98. The number of amides is 1. The van der Waals surface area contributed by atoms with Crippen molar-refractivity contribution in [2.75, 3.05) is 25.1 Å². The van der Waals surface area contributed by atoms with E-state index in [-0.39, 0.29) is 23.2 Å². The smallest absolute Gasteiger partial charge is 0.350 e. The van der Waals surface area contributed by atoms with Crippen LogP contribution in [0.1, 0.15) is 33.0 Å². The summed E-state index contributed by atoms with van der Waals surface area (Å²) < 4.78 is 13.5. The summed E-state index contributed by atoms with van der Waals surface area (Å²) in [6.07, 6.45) is -0.0158. The van der Waals surface area contributed by atoms with Crippen molar-refractivity contribution in [3.05, 3.63) is 38.5 Å². The quantitative estimate of drug-likeness (QED) is 0.486. The van der Waals surface area contributed by atoms with Gasteiger partial charge in [0, 0.05) is 20.3 Å². The van der Waals surface area contributed by atoms with Crippen LogP contribution in [0.3, 0.4) is 0 Å². The topological polar surface area (TPSA) is 99.4 Å². The lowest BCUT2D eigenvalue weighted by molar-refractivity contribution is -0.140. The molecule has 0 saturated carbocycles. The maximum atomic E-state index is 12.7. The average molecular weight is 474 g/mol. The van der Waals surface area contributed by atoms with Gasteiger partial charge in [0.05, 0.1) is 28.0 Å². The van der Waals surface area contributed by atoms with Crippen LogP contribution in [0, 0.1) is 6.92 Å². The highest BCUT2D eigenvalue weighted by Gasteiger charge is 2.21. The number of rotatable bonds is 11. The van der Waals surface area contributed by atoms with Gasteiger partial charge in [-0.25, -0.2) is 4.79 Å². The largest absolute Gasteiger partial charge is 0.372 e. The molecule has 1 amide bonds. The minimum atomic E-state index is -0.572. The first-order chi connectivity index (χ1) is 14.7. The van der Waals surface area contributed by atoms with Gasteiger partial charge < -0.3 is 20.1 Å². The third kappa shape index (κ3) is 6.22. The van der Waals surface area contributed by atoms with Gasteiger partial charge in [0.2, 0.25) is 5.91 Å². The lowest BCUT2D eigenvalue weighted by Gasteiger charge is -2.22. The zero-order chi connectivity index (χ0) is 23.1. The van der Waals surface area contributed by atoms with Crippen molar-refractivity contribution in [2.45, 2.75) is 46.4 Å². The van der Waals surface area contributed by atoms with Crippen molar-refractivity contribution in [1.29, 1.82) is 0 Å². The SMILES string of the molecule is CCOC(CNC(=O)C(CC)Nc1cc(-n2nc(C)n(C)c2=O)c(Cl)cc1Cl)OCC. The van der Waals surface area contributed by atoms with Gasteiger partial charge >= 0.3 is 5.69 Å². The number of anilines is 1. The summed E-state index contributed by atoms with van der Waals surface area (Å²) in [6, 6.07) is 2.55. The maximum absolute atomic E-state index is 12.7. The molecule has 1 heterocycles. The molecule has 0 fully saturated rings. The highest BCUT2D eigenvalue weighted by atomic mass is 35.5. The molecule has 2 rings (SSSR count). The fourth-order valence-corrected chi connectivity index (χ4v) is 3.41. The first kappa shape index (κ1) is 25.2. The number of carbonyl (C=O) groups is 1. The Balaban J connectivity index is 2.22. The van der Waals surface area contributed by atoms with Gasteiger partial charge in [-0.05, 0) is 39.3 Å². The van der Waals surface area contributed by atoms with Crippen molar-refractivity contribution in [3.8, 4) is 5.69 Å². The number of aryl methyl sites for hydroxylation is 1. The van der Waals surface area contributed by atoms with Gasteiger partial charge in [-0.15, -0.1) is 0 Å². The van der Waals surface area contributed by atoms with E-state index in [1.165, 1.54) is 15.3 Å². The second-order valence-electron chi connectivity index (χ2n) is 6.77. The number of nitrogens with zero attached hydrogens (tertiary/aromatic N) is 3. The number of carbonyl (C=O) groups excluding carboxylic acids is 1. The van der Waals surface area contributed by atoms with Crippen LogP contribution in [-0.4, -0.2) is 52.3 Å². The van der Waals surface area contributed by atoms with Crippen LogP contribution in [0.4, 0.5) is 5.69 Å². The molecule has 2 aromatic rings. The molecule has 0 aliphatic heterocycles. The number of halogens is 2. The van der Waals surface area contributed by atoms with E-state index in [2.05, 4.69) is 15.7 Å². The van der Waals surface area contributed by atoms with Crippen LogP contribution in [0.5, 0.6) is 0 Å². The predicted octanol–water partition coefficient (Wildman–Crippen LogP) is 2.89. The van der Waals surface area contributed by atoms with Crippen LogP contribution >= 0.6 is 23.2 Å². The van der Waals surface area contributed by atoms with Gasteiger partial charge in [0.1, 0.15) is 11.9 Å². The maximum Gasteiger partial charge on any atom is 0.350 e. The van der Waals surface area contributed by atoms with Crippen LogP contribution in [-0.2, 0) is 21.3 Å². The van der Waals surface area contributed by atoms with Gasteiger partial charge in [-0.1, -0.05) is 30.1 Å². The summed E-state index contributed by atoms with van der Waals surface area (Å²) in [5.74, 6) is 0.305. The minimum Gasteiger partial charge on any atom is -0.372 e. The van der Waals surface area contributed by atoms with Crippen molar-refractivity contribution in [3.63, 3.8) is 0 Å². The van der Waals surface area contributed by atoms with Crippen LogP contribution in [0.15, 0.2) is 16.9 Å². The van der Waals surface area contributed by atoms with E-state index in [9.17, 15) is 9.59 Å². The second-order valence-corrected chi connectivity index (χ2v) is 7.59. The summed E-state index contributed by atoms with van der Waals surface area (Å²) in [5.41, 5.74) is 0.491. The molecule has 0 aliphatic rings. The van der Waals surface area contributed by atoms with Gasteiger partial charge in [0.15, 0.2) is 6.29 Å². The van der Waals surface area contributed by atoms with Crippen LogP contribution < -0.4 is 16.3 Å². The molecule has 31 heavy (non-hydrogen) atoms. The fraction of sp³-hybridized carbons (Fsp3) is 0.550. The second kappa shape index (κ2) is 11.5. The zero-order valence-corrected chi connectivity index (χ0v) is 19.9. The number of aromatic nitrogens is 3. The Hall–Kier alpha value is -2.07. The molecule has 2 N–H and O–H groups in total. The van der Waals surface area contributed by atoms with E-state index < -0.39 is 12.3 Å². The van der Waals surface area contributed by atoms with Gasteiger partial charge in [0.25, 0.3) is 0 Å². The molecular weight excluding hydrogens is 445 g/mol. The lowest BCUT2D eigenvalue weighted by atomic mass is 10.2. The lowest BCUT2D eigenvalue weighted by Crippen LogP contribution is -2.43. The Morgan fingerprint density at radius 2 is 1.81 bits per heavy atom. The van der Waals surface area contributed by atoms with Crippen LogP contribution in [0.2, 0.25) is 10.0 Å². The molecule has 9 nitrogen and oxygen atoms in total.